The maximum absolute atomic E-state index is 2.62. The molecule has 0 saturated carbocycles. The van der Waals surface area contributed by atoms with Crippen LogP contribution in [0.1, 0.15) is 37.2 Å². The van der Waals surface area contributed by atoms with Crippen LogP contribution in [0.25, 0.3) is 10.8 Å². The highest BCUT2D eigenvalue weighted by Crippen LogP contribution is 2.42. The maximum Gasteiger partial charge on any atom is 0.0102 e. The summed E-state index contributed by atoms with van der Waals surface area (Å²) in [4.78, 5) is 2.62. The molecule has 0 spiro atoms. The quantitative estimate of drug-likeness (QED) is 0.741. The largest absolute Gasteiger partial charge is 0.300 e. The van der Waals surface area contributed by atoms with Crippen molar-refractivity contribution in [2.75, 3.05) is 7.05 Å². The lowest BCUT2D eigenvalue weighted by molar-refractivity contribution is 0.162. The van der Waals surface area contributed by atoms with Crippen LogP contribution >= 0.6 is 12.4 Å². The summed E-state index contributed by atoms with van der Waals surface area (Å²) in [5.41, 5.74) is 1.56. The second-order valence-corrected chi connectivity index (χ2v) is 6.33. The Morgan fingerprint density at radius 1 is 0.900 bits per heavy atom. The van der Waals surface area contributed by atoms with Crippen LogP contribution in [0.4, 0.5) is 0 Å². The Balaban J connectivity index is 0.00000121. The molecule has 2 bridgehead atoms. The molecule has 2 aromatic carbocycles. The van der Waals surface area contributed by atoms with E-state index in [4.69, 9.17) is 0 Å². The second-order valence-electron chi connectivity index (χ2n) is 6.33. The molecule has 0 N–H and O–H groups in total. The minimum absolute atomic E-state index is 0. The second kappa shape index (κ2) is 5.38. The number of benzene rings is 2. The van der Waals surface area contributed by atoms with E-state index in [9.17, 15) is 0 Å². The highest BCUT2D eigenvalue weighted by Gasteiger charge is 2.38. The molecule has 1 unspecified atom stereocenters. The summed E-state index contributed by atoms with van der Waals surface area (Å²) in [5, 5.41) is 2.76. The number of nitrogens with zero attached hydrogens (tertiary/aromatic N) is 1. The lowest BCUT2D eigenvalue weighted by Gasteiger charge is -2.36. The van der Waals surface area contributed by atoms with Gasteiger partial charge in [-0.25, -0.2) is 0 Å². The van der Waals surface area contributed by atoms with Crippen LogP contribution < -0.4 is 0 Å². The summed E-state index contributed by atoms with van der Waals surface area (Å²) in [6.45, 7) is 0. The highest BCUT2D eigenvalue weighted by molar-refractivity contribution is 5.85. The lowest BCUT2D eigenvalue weighted by Crippen LogP contribution is -2.39. The first kappa shape index (κ1) is 13.9. The Kier molecular flexibility index (Phi) is 3.74. The van der Waals surface area contributed by atoms with Crippen molar-refractivity contribution in [2.24, 2.45) is 0 Å². The molecule has 2 heterocycles. The number of fused-ring (bicyclic) bond motifs is 3. The molecule has 2 saturated heterocycles. The van der Waals surface area contributed by atoms with Crippen LogP contribution in [0.2, 0.25) is 0 Å². The molecular formula is C18H22ClN. The van der Waals surface area contributed by atoms with Gasteiger partial charge in [0, 0.05) is 12.1 Å². The Hall–Kier alpha value is -1.05. The monoisotopic (exact) mass is 287 g/mol. The molecule has 2 fully saturated rings. The van der Waals surface area contributed by atoms with Crippen LogP contribution in [-0.2, 0) is 0 Å². The normalized spacial score (nSPS) is 29.4. The Morgan fingerprint density at radius 3 is 2.25 bits per heavy atom. The molecule has 2 aromatic rings. The van der Waals surface area contributed by atoms with E-state index in [0.29, 0.717) is 0 Å². The number of rotatable bonds is 1. The van der Waals surface area contributed by atoms with E-state index in [1.165, 1.54) is 36.5 Å². The van der Waals surface area contributed by atoms with E-state index < -0.39 is 0 Å². The van der Waals surface area contributed by atoms with Crippen molar-refractivity contribution in [3.05, 3.63) is 48.0 Å². The minimum Gasteiger partial charge on any atom is -0.300 e. The molecule has 4 rings (SSSR count). The molecule has 20 heavy (non-hydrogen) atoms. The summed E-state index contributed by atoms with van der Waals surface area (Å²) in [6, 6.07) is 17.4. The van der Waals surface area contributed by atoms with E-state index in [0.717, 1.165) is 18.0 Å². The number of hydrogen-bond acceptors (Lipinski definition) is 1. The molecule has 0 radical (unpaired) electrons. The first-order valence-electron chi connectivity index (χ1n) is 7.52. The average molecular weight is 288 g/mol. The van der Waals surface area contributed by atoms with Gasteiger partial charge in [-0.05, 0) is 55.0 Å². The first-order chi connectivity index (χ1) is 9.31. The van der Waals surface area contributed by atoms with Gasteiger partial charge in [0.2, 0.25) is 0 Å². The minimum atomic E-state index is 0. The topological polar surface area (TPSA) is 3.24 Å². The summed E-state index contributed by atoms with van der Waals surface area (Å²) >= 11 is 0. The summed E-state index contributed by atoms with van der Waals surface area (Å²) in [7, 11) is 2.32. The predicted octanol–water partition coefficient (Wildman–Crippen LogP) is 4.60. The summed E-state index contributed by atoms with van der Waals surface area (Å²) in [6.07, 6.45) is 5.52. The van der Waals surface area contributed by atoms with Crippen molar-refractivity contribution < 1.29 is 0 Å². The number of piperidine rings is 1. The van der Waals surface area contributed by atoms with Gasteiger partial charge in [0.15, 0.2) is 0 Å². The smallest absolute Gasteiger partial charge is 0.0102 e. The van der Waals surface area contributed by atoms with E-state index >= 15 is 0 Å². The van der Waals surface area contributed by atoms with E-state index in [2.05, 4.69) is 54.4 Å². The van der Waals surface area contributed by atoms with Gasteiger partial charge in [-0.3, -0.25) is 0 Å². The molecule has 3 atom stereocenters. The zero-order chi connectivity index (χ0) is 12.8. The van der Waals surface area contributed by atoms with Crippen LogP contribution in [0, 0.1) is 0 Å². The van der Waals surface area contributed by atoms with Gasteiger partial charge in [0.1, 0.15) is 0 Å². The van der Waals surface area contributed by atoms with Gasteiger partial charge < -0.3 is 4.90 Å². The Morgan fingerprint density at radius 2 is 1.55 bits per heavy atom. The average Bonchev–Trinajstić information content (AvgIpc) is 2.68. The van der Waals surface area contributed by atoms with Gasteiger partial charge in [0.25, 0.3) is 0 Å². The molecular weight excluding hydrogens is 266 g/mol. The van der Waals surface area contributed by atoms with Crippen molar-refractivity contribution in [1.29, 1.82) is 0 Å². The maximum atomic E-state index is 2.62. The lowest BCUT2D eigenvalue weighted by atomic mass is 9.84. The third-order valence-electron chi connectivity index (χ3n) is 5.34. The fraction of sp³-hybridized carbons (Fsp3) is 0.444. The third-order valence-corrected chi connectivity index (χ3v) is 5.34. The van der Waals surface area contributed by atoms with E-state index in [1.807, 2.05) is 0 Å². The Bertz CT molecular complexity index is 595. The van der Waals surface area contributed by atoms with Crippen LogP contribution in [0.15, 0.2) is 42.5 Å². The van der Waals surface area contributed by atoms with Crippen molar-refractivity contribution in [3.8, 4) is 0 Å². The van der Waals surface area contributed by atoms with Gasteiger partial charge in [0.05, 0.1) is 0 Å². The predicted molar refractivity (Wildman–Crippen MR) is 87.7 cm³/mol. The van der Waals surface area contributed by atoms with E-state index in [1.54, 1.807) is 5.56 Å². The van der Waals surface area contributed by atoms with E-state index in [-0.39, 0.29) is 12.4 Å². The zero-order valence-corrected chi connectivity index (χ0v) is 12.8. The van der Waals surface area contributed by atoms with Crippen molar-refractivity contribution in [2.45, 2.75) is 43.7 Å². The van der Waals surface area contributed by atoms with Crippen LogP contribution in [0.5, 0.6) is 0 Å². The van der Waals surface area contributed by atoms with Crippen molar-refractivity contribution >= 4 is 23.2 Å². The SMILES string of the molecule is CN1[C@@H]2CC[C@H]1CC(c1ccc3ccccc3c1)C2.Cl. The van der Waals surface area contributed by atoms with Gasteiger partial charge >= 0.3 is 0 Å². The molecule has 0 amide bonds. The highest BCUT2D eigenvalue weighted by atomic mass is 35.5. The fourth-order valence-corrected chi connectivity index (χ4v) is 4.15. The molecule has 2 heteroatoms. The molecule has 0 aromatic heterocycles. The molecule has 1 nitrogen and oxygen atoms in total. The Labute approximate surface area is 127 Å². The molecule has 0 aliphatic carbocycles. The zero-order valence-electron chi connectivity index (χ0n) is 12.0. The van der Waals surface area contributed by atoms with Gasteiger partial charge in [-0.15, -0.1) is 12.4 Å². The number of halogens is 1. The summed E-state index contributed by atoms with van der Waals surface area (Å²) in [5.74, 6) is 0.776. The standard InChI is InChI=1S/C18H21N.ClH/c1-19-17-8-9-18(19)12-16(11-17)15-7-6-13-4-2-3-5-14(13)10-15;/h2-7,10,16-18H,8-9,11-12H2,1H3;1H/t16?,17-,18+;. The number of hydrogen-bond donors (Lipinski definition) is 0. The molecule has 2 aliphatic rings. The third kappa shape index (κ3) is 2.23. The van der Waals surface area contributed by atoms with Gasteiger partial charge in [-0.2, -0.15) is 0 Å². The van der Waals surface area contributed by atoms with Gasteiger partial charge in [-0.1, -0.05) is 42.5 Å². The first-order valence-corrected chi connectivity index (χ1v) is 7.52. The van der Waals surface area contributed by atoms with Crippen LogP contribution in [0.3, 0.4) is 0 Å². The van der Waals surface area contributed by atoms with Crippen molar-refractivity contribution in [3.63, 3.8) is 0 Å². The fourth-order valence-electron chi connectivity index (χ4n) is 4.15. The molecule has 106 valence electrons. The molecule has 2 aliphatic heterocycles. The summed E-state index contributed by atoms with van der Waals surface area (Å²) < 4.78 is 0. The van der Waals surface area contributed by atoms with Crippen LogP contribution in [-0.4, -0.2) is 24.0 Å². The van der Waals surface area contributed by atoms with Crippen molar-refractivity contribution in [1.82, 2.24) is 4.90 Å².